The molecule has 0 spiro atoms. The summed E-state index contributed by atoms with van der Waals surface area (Å²) in [4.78, 5) is 2.52. The second-order valence-corrected chi connectivity index (χ2v) is 9.25. The van der Waals surface area contributed by atoms with Crippen LogP contribution < -0.4 is 5.48 Å². The topological polar surface area (TPSA) is 35.5 Å². The lowest BCUT2D eigenvalue weighted by Gasteiger charge is -2.37. The van der Waals surface area contributed by atoms with Gasteiger partial charge in [-0.1, -0.05) is 121 Å². The summed E-state index contributed by atoms with van der Waals surface area (Å²) in [5.41, 5.74) is 7.91. The highest BCUT2D eigenvalue weighted by Gasteiger charge is 2.28. The number of nitrogens with zero attached hydrogens (tertiary/aromatic N) is 1. The molecule has 0 fully saturated rings. The lowest BCUT2D eigenvalue weighted by Crippen LogP contribution is -2.50. The second-order valence-electron chi connectivity index (χ2n) is 9.25. The monoisotopic (exact) mass is 464 g/mol. The highest BCUT2D eigenvalue weighted by atomic mass is 16.5. The second kappa shape index (κ2) is 13.6. The van der Waals surface area contributed by atoms with E-state index in [4.69, 9.17) is 0 Å². The van der Waals surface area contributed by atoms with Gasteiger partial charge >= 0.3 is 0 Å². The molecule has 3 nitrogen and oxygen atoms in total. The van der Waals surface area contributed by atoms with Crippen LogP contribution in [0.1, 0.15) is 35.1 Å². The van der Waals surface area contributed by atoms with Crippen molar-refractivity contribution in [2.24, 2.45) is 0 Å². The molecule has 0 unspecified atom stereocenters. The zero-order valence-electron chi connectivity index (χ0n) is 20.3. The third-order valence-electron chi connectivity index (χ3n) is 6.67. The number of hydrogen-bond donors (Lipinski definition) is 2. The molecular formula is C32H36N2O. The quantitative estimate of drug-likeness (QED) is 0.217. The van der Waals surface area contributed by atoms with Crippen molar-refractivity contribution in [1.29, 1.82) is 0 Å². The molecule has 0 amide bonds. The van der Waals surface area contributed by atoms with Crippen molar-refractivity contribution in [3.8, 4) is 0 Å². The molecule has 0 radical (unpaired) electrons. The first-order chi connectivity index (χ1) is 17.3. The van der Waals surface area contributed by atoms with Crippen LogP contribution in [0, 0.1) is 0 Å². The Bertz CT molecular complexity index is 1050. The molecule has 4 aromatic rings. The molecule has 35 heavy (non-hydrogen) atoms. The summed E-state index contributed by atoms with van der Waals surface area (Å²) in [5.74, 6) is 0. The molecule has 0 aliphatic heterocycles. The SMILES string of the molecule is ON[C@@H](CCCc1ccccc1)[C@H](Cc1ccccc1)N(Cc1ccccc1)Cc1ccccc1. The molecule has 2 N–H and O–H groups in total. The van der Waals surface area contributed by atoms with Gasteiger partial charge in [-0.05, 0) is 47.9 Å². The molecule has 2 atom stereocenters. The fourth-order valence-corrected chi connectivity index (χ4v) is 4.82. The molecule has 4 rings (SSSR count). The zero-order valence-corrected chi connectivity index (χ0v) is 20.3. The summed E-state index contributed by atoms with van der Waals surface area (Å²) in [5, 5.41) is 10.4. The first kappa shape index (κ1) is 24.9. The third kappa shape index (κ3) is 7.90. The number of hydroxylamine groups is 1. The maximum absolute atomic E-state index is 10.4. The zero-order chi connectivity index (χ0) is 24.1. The maximum atomic E-state index is 10.4. The molecule has 4 aromatic carbocycles. The molecule has 3 heteroatoms. The van der Waals surface area contributed by atoms with Crippen molar-refractivity contribution in [3.05, 3.63) is 144 Å². The van der Waals surface area contributed by atoms with Crippen molar-refractivity contribution < 1.29 is 5.21 Å². The summed E-state index contributed by atoms with van der Waals surface area (Å²) >= 11 is 0. The minimum Gasteiger partial charge on any atom is -0.316 e. The lowest BCUT2D eigenvalue weighted by molar-refractivity contribution is 0.0485. The maximum Gasteiger partial charge on any atom is 0.0478 e. The van der Waals surface area contributed by atoms with Crippen molar-refractivity contribution in [1.82, 2.24) is 10.4 Å². The van der Waals surface area contributed by atoms with E-state index in [1.807, 2.05) is 0 Å². The minimum atomic E-state index is -0.0497. The third-order valence-corrected chi connectivity index (χ3v) is 6.67. The van der Waals surface area contributed by atoms with Gasteiger partial charge in [0.05, 0.1) is 0 Å². The Labute approximate surface area is 210 Å². The summed E-state index contributed by atoms with van der Waals surface area (Å²) in [6, 6.07) is 42.6. The molecular weight excluding hydrogens is 428 g/mol. The van der Waals surface area contributed by atoms with E-state index in [0.717, 1.165) is 38.8 Å². The molecule has 0 saturated carbocycles. The van der Waals surface area contributed by atoms with Crippen LogP contribution in [0.2, 0.25) is 0 Å². The van der Waals surface area contributed by atoms with Gasteiger partial charge in [0, 0.05) is 25.2 Å². The first-order valence-corrected chi connectivity index (χ1v) is 12.6. The smallest absolute Gasteiger partial charge is 0.0478 e. The van der Waals surface area contributed by atoms with Crippen LogP contribution >= 0.6 is 0 Å². The van der Waals surface area contributed by atoms with E-state index in [1.54, 1.807) is 0 Å². The minimum absolute atomic E-state index is 0.0497. The fourth-order valence-electron chi connectivity index (χ4n) is 4.82. The predicted molar refractivity (Wildman–Crippen MR) is 144 cm³/mol. The van der Waals surface area contributed by atoms with Crippen LogP contribution in [0.4, 0.5) is 0 Å². The van der Waals surface area contributed by atoms with Gasteiger partial charge in [0.2, 0.25) is 0 Å². The average Bonchev–Trinajstić information content (AvgIpc) is 2.92. The fraction of sp³-hybridized carbons (Fsp3) is 0.250. The van der Waals surface area contributed by atoms with Gasteiger partial charge in [0.25, 0.3) is 0 Å². The Morgan fingerprint density at radius 3 is 1.46 bits per heavy atom. The van der Waals surface area contributed by atoms with Crippen LogP contribution in [0.25, 0.3) is 0 Å². The van der Waals surface area contributed by atoms with Crippen LogP contribution in [0.5, 0.6) is 0 Å². The van der Waals surface area contributed by atoms with E-state index in [9.17, 15) is 5.21 Å². The van der Waals surface area contributed by atoms with Gasteiger partial charge in [0.1, 0.15) is 0 Å². The summed E-state index contributed by atoms with van der Waals surface area (Å²) in [7, 11) is 0. The van der Waals surface area contributed by atoms with Gasteiger partial charge in [-0.2, -0.15) is 0 Å². The van der Waals surface area contributed by atoms with Crippen LogP contribution in [-0.2, 0) is 25.9 Å². The number of benzene rings is 4. The number of aryl methyl sites for hydroxylation is 1. The Kier molecular flexibility index (Phi) is 9.66. The molecule has 0 saturated heterocycles. The Hall–Kier alpha value is -3.24. The predicted octanol–water partition coefficient (Wildman–Crippen LogP) is 6.67. The first-order valence-electron chi connectivity index (χ1n) is 12.6. The van der Waals surface area contributed by atoms with Gasteiger partial charge in [-0.3, -0.25) is 4.90 Å². The van der Waals surface area contributed by atoms with E-state index >= 15 is 0 Å². The van der Waals surface area contributed by atoms with Gasteiger partial charge in [-0.25, -0.2) is 5.48 Å². The van der Waals surface area contributed by atoms with E-state index in [2.05, 4.69) is 132 Å². The van der Waals surface area contributed by atoms with E-state index < -0.39 is 0 Å². The number of rotatable bonds is 13. The van der Waals surface area contributed by atoms with E-state index in [-0.39, 0.29) is 12.1 Å². The van der Waals surface area contributed by atoms with Crippen molar-refractivity contribution in [3.63, 3.8) is 0 Å². The van der Waals surface area contributed by atoms with Gasteiger partial charge < -0.3 is 5.21 Å². The largest absolute Gasteiger partial charge is 0.316 e. The van der Waals surface area contributed by atoms with Gasteiger partial charge in [0.15, 0.2) is 0 Å². The van der Waals surface area contributed by atoms with E-state index in [1.165, 1.54) is 22.3 Å². The molecule has 0 heterocycles. The summed E-state index contributed by atoms with van der Waals surface area (Å²) in [6.45, 7) is 1.65. The highest BCUT2D eigenvalue weighted by Crippen LogP contribution is 2.22. The Morgan fingerprint density at radius 2 is 1.00 bits per heavy atom. The van der Waals surface area contributed by atoms with Crippen LogP contribution in [0.3, 0.4) is 0 Å². The summed E-state index contributed by atoms with van der Waals surface area (Å²) < 4.78 is 0. The number of hydrogen-bond acceptors (Lipinski definition) is 3. The van der Waals surface area contributed by atoms with Crippen LogP contribution in [0.15, 0.2) is 121 Å². The van der Waals surface area contributed by atoms with Crippen molar-refractivity contribution in [2.75, 3.05) is 0 Å². The number of nitrogens with one attached hydrogen (secondary N) is 1. The Balaban J connectivity index is 1.58. The van der Waals surface area contributed by atoms with E-state index in [0.29, 0.717) is 0 Å². The average molecular weight is 465 g/mol. The molecule has 0 aliphatic rings. The van der Waals surface area contributed by atoms with Crippen molar-refractivity contribution in [2.45, 2.75) is 50.9 Å². The molecule has 0 aromatic heterocycles. The molecule has 180 valence electrons. The lowest BCUT2D eigenvalue weighted by atomic mass is 9.92. The van der Waals surface area contributed by atoms with Gasteiger partial charge in [-0.15, -0.1) is 0 Å². The normalized spacial score (nSPS) is 13.0. The molecule has 0 aliphatic carbocycles. The standard InChI is InChI=1S/C32H36N2O/c35-33-31(23-13-22-27-14-5-1-6-15-27)32(24-28-16-7-2-8-17-28)34(25-29-18-9-3-10-19-29)26-30-20-11-4-12-21-30/h1-12,14-21,31-33,35H,13,22-26H2/t31-,32-/m0/s1. The van der Waals surface area contributed by atoms with Crippen molar-refractivity contribution >= 4 is 0 Å². The summed E-state index contributed by atoms with van der Waals surface area (Å²) in [6.07, 6.45) is 3.78. The van der Waals surface area contributed by atoms with Crippen LogP contribution in [-0.4, -0.2) is 22.2 Å². The molecule has 0 bridgehead atoms. The Morgan fingerprint density at radius 1 is 0.571 bits per heavy atom. The highest BCUT2D eigenvalue weighted by molar-refractivity contribution is 5.20.